The molecule has 0 saturated carbocycles. The van der Waals surface area contributed by atoms with Gasteiger partial charge in [-0.1, -0.05) is 19.9 Å². The molecule has 19 heavy (non-hydrogen) atoms. The molecule has 1 aliphatic heterocycles. The van der Waals surface area contributed by atoms with E-state index in [2.05, 4.69) is 13.8 Å². The number of amides is 1. The summed E-state index contributed by atoms with van der Waals surface area (Å²) in [5.74, 6) is 1.13. The van der Waals surface area contributed by atoms with E-state index in [0.717, 1.165) is 13.1 Å². The van der Waals surface area contributed by atoms with Gasteiger partial charge in [0.25, 0.3) is 5.56 Å². The maximum atomic E-state index is 12.3. The Balaban J connectivity index is 2.08. The molecule has 1 aromatic rings. The van der Waals surface area contributed by atoms with E-state index in [-0.39, 0.29) is 18.0 Å². The van der Waals surface area contributed by atoms with Crippen LogP contribution in [0.5, 0.6) is 0 Å². The van der Waals surface area contributed by atoms with Crippen molar-refractivity contribution in [2.24, 2.45) is 11.8 Å². The van der Waals surface area contributed by atoms with E-state index in [1.807, 2.05) is 11.0 Å². The Morgan fingerprint density at radius 2 is 1.95 bits per heavy atom. The minimum absolute atomic E-state index is 0.0473. The van der Waals surface area contributed by atoms with Crippen LogP contribution in [0, 0.1) is 18.8 Å². The topological polar surface area (TPSA) is 42.3 Å². The van der Waals surface area contributed by atoms with Gasteiger partial charge in [0.1, 0.15) is 6.54 Å². The molecule has 2 rings (SSSR count). The van der Waals surface area contributed by atoms with Crippen LogP contribution in [0.4, 0.5) is 0 Å². The van der Waals surface area contributed by atoms with Crippen molar-refractivity contribution in [3.05, 3.63) is 34.2 Å². The zero-order valence-corrected chi connectivity index (χ0v) is 11.9. The third-order valence-corrected chi connectivity index (χ3v) is 3.74. The fraction of sp³-hybridized carbons (Fsp3) is 0.600. The maximum Gasteiger partial charge on any atom is 0.253 e. The highest BCUT2D eigenvalue weighted by Crippen LogP contribution is 2.20. The number of likely N-dealkylation sites (tertiary alicyclic amines) is 1. The summed E-state index contributed by atoms with van der Waals surface area (Å²) >= 11 is 0. The van der Waals surface area contributed by atoms with Crippen LogP contribution in [0.1, 0.15) is 25.8 Å². The van der Waals surface area contributed by atoms with Gasteiger partial charge in [-0.15, -0.1) is 0 Å². The molecular formula is C15H22N2O2. The predicted molar refractivity (Wildman–Crippen MR) is 75.0 cm³/mol. The molecule has 0 N–H and O–H groups in total. The second kappa shape index (κ2) is 5.59. The number of piperidine rings is 1. The van der Waals surface area contributed by atoms with Crippen molar-refractivity contribution in [1.82, 2.24) is 9.47 Å². The predicted octanol–water partition coefficient (Wildman–Crippen LogP) is 1.66. The zero-order valence-electron chi connectivity index (χ0n) is 11.9. The summed E-state index contributed by atoms with van der Waals surface area (Å²) in [5, 5.41) is 0. The molecule has 1 aromatic heterocycles. The highest BCUT2D eigenvalue weighted by atomic mass is 16.2. The summed E-state index contributed by atoms with van der Waals surface area (Å²) in [6.07, 6.45) is 2.86. The second-order valence-corrected chi connectivity index (χ2v) is 5.87. The van der Waals surface area contributed by atoms with Crippen LogP contribution in [0.25, 0.3) is 0 Å². The van der Waals surface area contributed by atoms with Crippen LogP contribution in [0.15, 0.2) is 23.1 Å². The average Bonchev–Trinajstić information content (AvgIpc) is 2.33. The van der Waals surface area contributed by atoms with E-state index < -0.39 is 0 Å². The fourth-order valence-electron chi connectivity index (χ4n) is 2.89. The Morgan fingerprint density at radius 1 is 1.32 bits per heavy atom. The molecule has 2 atom stereocenters. The Morgan fingerprint density at radius 3 is 2.58 bits per heavy atom. The van der Waals surface area contributed by atoms with Gasteiger partial charge in [-0.3, -0.25) is 9.59 Å². The van der Waals surface area contributed by atoms with E-state index in [9.17, 15) is 9.59 Å². The minimum Gasteiger partial charge on any atom is -0.341 e. The molecule has 1 fully saturated rings. The second-order valence-electron chi connectivity index (χ2n) is 5.87. The van der Waals surface area contributed by atoms with Crippen molar-refractivity contribution in [2.75, 3.05) is 13.1 Å². The van der Waals surface area contributed by atoms with Crippen molar-refractivity contribution < 1.29 is 4.79 Å². The molecule has 0 spiro atoms. The molecule has 0 bridgehead atoms. The van der Waals surface area contributed by atoms with Crippen molar-refractivity contribution >= 4 is 5.91 Å². The van der Waals surface area contributed by atoms with E-state index in [1.165, 1.54) is 11.0 Å². The summed E-state index contributed by atoms with van der Waals surface area (Å²) in [7, 11) is 0. The lowest BCUT2D eigenvalue weighted by Gasteiger charge is -2.35. The average molecular weight is 262 g/mol. The molecule has 0 aliphatic carbocycles. The molecule has 4 heteroatoms. The summed E-state index contributed by atoms with van der Waals surface area (Å²) in [4.78, 5) is 26.1. The van der Waals surface area contributed by atoms with Crippen LogP contribution in [-0.2, 0) is 11.3 Å². The number of nitrogens with zero attached hydrogens (tertiary/aromatic N) is 2. The lowest BCUT2D eigenvalue weighted by atomic mass is 9.92. The first-order valence-electron chi connectivity index (χ1n) is 6.91. The number of aromatic nitrogens is 1. The van der Waals surface area contributed by atoms with Gasteiger partial charge >= 0.3 is 0 Å². The Bertz CT molecular complexity index is 511. The number of rotatable bonds is 2. The van der Waals surface area contributed by atoms with E-state index >= 15 is 0 Å². The Kier molecular flexibility index (Phi) is 4.08. The molecule has 1 aliphatic rings. The molecule has 104 valence electrons. The molecule has 0 aromatic carbocycles. The number of hydrogen-bond acceptors (Lipinski definition) is 2. The van der Waals surface area contributed by atoms with Crippen molar-refractivity contribution in [3.63, 3.8) is 0 Å². The van der Waals surface area contributed by atoms with Crippen LogP contribution >= 0.6 is 0 Å². The SMILES string of the molecule is Cc1cccn(CC(=O)N2CC(C)CC(C)C2)c1=O. The molecular weight excluding hydrogens is 240 g/mol. The molecule has 0 radical (unpaired) electrons. The summed E-state index contributed by atoms with van der Waals surface area (Å²) in [5.41, 5.74) is 0.602. The zero-order chi connectivity index (χ0) is 14.0. The number of hydrogen-bond donors (Lipinski definition) is 0. The van der Waals surface area contributed by atoms with Crippen LogP contribution < -0.4 is 5.56 Å². The van der Waals surface area contributed by atoms with Gasteiger partial charge in [0.2, 0.25) is 5.91 Å². The van der Waals surface area contributed by atoms with E-state index in [4.69, 9.17) is 0 Å². The molecule has 2 heterocycles. The van der Waals surface area contributed by atoms with E-state index in [0.29, 0.717) is 17.4 Å². The minimum atomic E-state index is -0.0750. The van der Waals surface area contributed by atoms with Gasteiger partial charge in [0.15, 0.2) is 0 Å². The van der Waals surface area contributed by atoms with Crippen LogP contribution in [0.2, 0.25) is 0 Å². The lowest BCUT2D eigenvalue weighted by molar-refractivity contribution is -0.134. The Labute approximate surface area is 114 Å². The van der Waals surface area contributed by atoms with Crippen molar-refractivity contribution in [3.8, 4) is 0 Å². The van der Waals surface area contributed by atoms with Crippen molar-refractivity contribution in [2.45, 2.75) is 33.7 Å². The standard InChI is InChI=1S/C15H22N2O2/c1-11-7-12(2)9-17(8-11)14(18)10-16-6-4-5-13(3)15(16)19/h4-6,11-12H,7-10H2,1-3H3. The van der Waals surface area contributed by atoms with Gasteiger partial charge in [0.05, 0.1) is 0 Å². The first kappa shape index (κ1) is 13.8. The maximum absolute atomic E-state index is 12.3. The summed E-state index contributed by atoms with van der Waals surface area (Å²) in [6.45, 7) is 7.89. The normalized spacial score (nSPS) is 23.4. The van der Waals surface area contributed by atoms with E-state index in [1.54, 1.807) is 19.2 Å². The molecule has 1 saturated heterocycles. The largest absolute Gasteiger partial charge is 0.341 e. The number of carbonyl (C=O) groups is 1. The quantitative estimate of drug-likeness (QED) is 0.813. The van der Waals surface area contributed by atoms with Crippen LogP contribution in [0.3, 0.4) is 0 Å². The number of aryl methyl sites for hydroxylation is 1. The smallest absolute Gasteiger partial charge is 0.253 e. The first-order chi connectivity index (χ1) is 8.97. The number of carbonyl (C=O) groups excluding carboxylic acids is 1. The molecule has 2 unspecified atom stereocenters. The monoisotopic (exact) mass is 262 g/mol. The third kappa shape index (κ3) is 3.25. The lowest BCUT2D eigenvalue weighted by Crippen LogP contribution is -2.44. The van der Waals surface area contributed by atoms with Crippen molar-refractivity contribution in [1.29, 1.82) is 0 Å². The first-order valence-corrected chi connectivity index (χ1v) is 6.91. The molecule has 4 nitrogen and oxygen atoms in total. The van der Waals surface area contributed by atoms with Crippen LogP contribution in [-0.4, -0.2) is 28.5 Å². The van der Waals surface area contributed by atoms with Gasteiger partial charge in [-0.2, -0.15) is 0 Å². The van der Waals surface area contributed by atoms with Gasteiger partial charge in [0, 0.05) is 24.8 Å². The van der Waals surface area contributed by atoms with Gasteiger partial charge in [-0.05, 0) is 31.2 Å². The highest BCUT2D eigenvalue weighted by molar-refractivity contribution is 5.76. The molecule has 1 amide bonds. The summed E-state index contributed by atoms with van der Waals surface area (Å²) < 4.78 is 1.50. The fourth-order valence-corrected chi connectivity index (χ4v) is 2.89. The third-order valence-electron chi connectivity index (χ3n) is 3.74. The van der Waals surface area contributed by atoms with Gasteiger partial charge < -0.3 is 9.47 Å². The Hall–Kier alpha value is -1.58. The summed E-state index contributed by atoms with van der Waals surface area (Å²) in [6, 6.07) is 3.58. The van der Waals surface area contributed by atoms with Gasteiger partial charge in [-0.25, -0.2) is 0 Å². The highest BCUT2D eigenvalue weighted by Gasteiger charge is 2.25. The number of pyridine rings is 1.